The van der Waals surface area contributed by atoms with Crippen LogP contribution in [0.5, 0.6) is 0 Å². The van der Waals surface area contributed by atoms with Crippen molar-refractivity contribution in [3.8, 4) is 0 Å². The van der Waals surface area contributed by atoms with E-state index in [9.17, 15) is 9.59 Å². The number of nitrogens with two attached hydrogens (primary N) is 1. The summed E-state index contributed by atoms with van der Waals surface area (Å²) in [5, 5.41) is 11.4. The number of carboxylic acids is 1. The van der Waals surface area contributed by atoms with Crippen LogP contribution in [0.1, 0.15) is 16.8 Å². The molecule has 1 aromatic rings. The van der Waals surface area contributed by atoms with Crippen LogP contribution < -0.4 is 11.1 Å². The zero-order valence-electron chi connectivity index (χ0n) is 8.37. The van der Waals surface area contributed by atoms with Crippen LogP contribution in [0.2, 0.25) is 5.02 Å². The van der Waals surface area contributed by atoms with Gasteiger partial charge in [0.15, 0.2) is 0 Å². The van der Waals surface area contributed by atoms with Gasteiger partial charge in [-0.05, 0) is 18.2 Å². The molecule has 1 aromatic carbocycles. The Morgan fingerprint density at radius 2 is 2.12 bits per heavy atom. The third-order valence-electron chi connectivity index (χ3n) is 1.85. The maximum absolute atomic E-state index is 11.2. The van der Waals surface area contributed by atoms with Crippen molar-refractivity contribution in [2.75, 3.05) is 11.9 Å². The molecular weight excluding hydrogens is 232 g/mol. The van der Waals surface area contributed by atoms with E-state index < -0.39 is 5.97 Å². The molecule has 1 amide bonds. The van der Waals surface area contributed by atoms with Gasteiger partial charge in [0.1, 0.15) is 0 Å². The Morgan fingerprint density at radius 1 is 1.44 bits per heavy atom. The zero-order valence-corrected chi connectivity index (χ0v) is 9.12. The van der Waals surface area contributed by atoms with Crippen LogP contribution in [0, 0.1) is 0 Å². The Morgan fingerprint density at radius 3 is 2.62 bits per heavy atom. The third-order valence-corrected chi connectivity index (χ3v) is 2.17. The van der Waals surface area contributed by atoms with Crippen molar-refractivity contribution in [2.45, 2.75) is 6.42 Å². The van der Waals surface area contributed by atoms with Crippen molar-refractivity contribution in [3.63, 3.8) is 0 Å². The highest BCUT2D eigenvalue weighted by Gasteiger charge is 2.09. The highest BCUT2D eigenvalue weighted by molar-refractivity contribution is 6.33. The lowest BCUT2D eigenvalue weighted by atomic mass is 10.2. The largest absolute Gasteiger partial charge is 0.478 e. The Labute approximate surface area is 97.2 Å². The highest BCUT2D eigenvalue weighted by Crippen LogP contribution is 2.20. The number of hydrogen-bond acceptors (Lipinski definition) is 3. The summed E-state index contributed by atoms with van der Waals surface area (Å²) in [7, 11) is 0. The molecule has 0 atom stereocenters. The highest BCUT2D eigenvalue weighted by atomic mass is 35.5. The number of halogens is 1. The molecule has 0 fully saturated rings. The molecule has 0 saturated heterocycles. The van der Waals surface area contributed by atoms with E-state index in [-0.39, 0.29) is 29.5 Å². The van der Waals surface area contributed by atoms with Gasteiger partial charge >= 0.3 is 5.97 Å². The predicted octanol–water partition coefficient (Wildman–Crippen LogP) is 1.33. The molecule has 0 radical (unpaired) electrons. The summed E-state index contributed by atoms with van der Waals surface area (Å²) in [5.41, 5.74) is 5.66. The van der Waals surface area contributed by atoms with Crippen molar-refractivity contribution in [1.82, 2.24) is 0 Å². The number of rotatable bonds is 4. The molecule has 86 valence electrons. The monoisotopic (exact) mass is 242 g/mol. The average molecular weight is 243 g/mol. The fourth-order valence-corrected chi connectivity index (χ4v) is 1.38. The van der Waals surface area contributed by atoms with Gasteiger partial charge in [0.2, 0.25) is 5.91 Å². The molecular formula is C10H11ClN2O3. The van der Waals surface area contributed by atoms with Crippen LogP contribution in [-0.4, -0.2) is 23.5 Å². The number of amides is 1. The first-order chi connectivity index (χ1) is 7.54. The number of benzene rings is 1. The fourth-order valence-electron chi connectivity index (χ4n) is 1.12. The number of carbonyl (C=O) groups is 2. The maximum atomic E-state index is 11.2. The van der Waals surface area contributed by atoms with Gasteiger partial charge < -0.3 is 16.2 Å². The van der Waals surface area contributed by atoms with E-state index in [4.69, 9.17) is 22.4 Å². The van der Waals surface area contributed by atoms with Crippen molar-refractivity contribution in [1.29, 1.82) is 0 Å². The van der Waals surface area contributed by atoms with Gasteiger partial charge in [0, 0.05) is 18.7 Å². The summed E-state index contributed by atoms with van der Waals surface area (Å²) in [6.07, 6.45) is 0.207. The summed E-state index contributed by atoms with van der Waals surface area (Å²) in [4.78, 5) is 21.9. The van der Waals surface area contributed by atoms with Gasteiger partial charge in [-0.25, -0.2) is 4.79 Å². The molecule has 4 N–H and O–H groups in total. The topological polar surface area (TPSA) is 92.4 Å². The molecule has 0 bridgehead atoms. The first-order valence-electron chi connectivity index (χ1n) is 4.57. The van der Waals surface area contributed by atoms with E-state index in [1.807, 2.05) is 0 Å². The van der Waals surface area contributed by atoms with Crippen molar-refractivity contribution in [3.05, 3.63) is 28.8 Å². The lowest BCUT2D eigenvalue weighted by Gasteiger charge is -2.06. The third kappa shape index (κ3) is 3.22. The van der Waals surface area contributed by atoms with E-state index in [1.54, 1.807) is 0 Å². The molecule has 16 heavy (non-hydrogen) atoms. The molecule has 1 rings (SSSR count). The summed E-state index contributed by atoms with van der Waals surface area (Å²) in [6.45, 7) is 0.257. The molecule has 0 aliphatic rings. The van der Waals surface area contributed by atoms with Crippen LogP contribution in [0.3, 0.4) is 0 Å². The summed E-state index contributed by atoms with van der Waals surface area (Å²) in [5.74, 6) is -1.34. The summed E-state index contributed by atoms with van der Waals surface area (Å²) in [6, 6.07) is 4.20. The molecule has 0 aromatic heterocycles. The second-order valence-electron chi connectivity index (χ2n) is 3.09. The number of carbonyl (C=O) groups excluding carboxylic acids is 1. The van der Waals surface area contributed by atoms with Crippen LogP contribution >= 0.6 is 11.6 Å². The van der Waals surface area contributed by atoms with E-state index >= 15 is 0 Å². The lowest BCUT2D eigenvalue weighted by Crippen LogP contribution is -2.16. The number of carboxylic acid groups (broad SMARTS) is 1. The predicted molar refractivity (Wildman–Crippen MR) is 60.7 cm³/mol. The quantitative estimate of drug-likeness (QED) is 0.743. The van der Waals surface area contributed by atoms with Gasteiger partial charge in [0.05, 0.1) is 10.6 Å². The van der Waals surface area contributed by atoms with Gasteiger partial charge in [-0.3, -0.25) is 4.79 Å². The lowest BCUT2D eigenvalue weighted by molar-refractivity contribution is -0.116. The summed E-state index contributed by atoms with van der Waals surface area (Å²) >= 11 is 5.73. The zero-order chi connectivity index (χ0) is 12.1. The van der Waals surface area contributed by atoms with Gasteiger partial charge in [-0.1, -0.05) is 11.6 Å². The van der Waals surface area contributed by atoms with E-state index in [2.05, 4.69) is 5.32 Å². The minimum atomic E-state index is -1.11. The number of nitrogens with one attached hydrogen (secondary N) is 1. The average Bonchev–Trinajstić information content (AvgIpc) is 2.17. The van der Waals surface area contributed by atoms with Gasteiger partial charge in [0.25, 0.3) is 0 Å². The Bertz CT molecular complexity index is 421. The minimum absolute atomic E-state index is 0.00140. The van der Waals surface area contributed by atoms with Crippen molar-refractivity contribution >= 4 is 29.2 Å². The smallest absolute Gasteiger partial charge is 0.337 e. The molecule has 0 heterocycles. The van der Waals surface area contributed by atoms with Crippen molar-refractivity contribution in [2.24, 2.45) is 5.73 Å². The molecule has 5 nitrogen and oxygen atoms in total. The standard InChI is InChI=1S/C10H11ClN2O3/c11-8-5-6(13-9(14)3-4-12)1-2-7(8)10(15)16/h1-2,5H,3-4,12H2,(H,13,14)(H,15,16). The van der Waals surface area contributed by atoms with Gasteiger partial charge in [-0.15, -0.1) is 0 Å². The Kier molecular flexibility index (Phi) is 4.28. The second-order valence-corrected chi connectivity index (χ2v) is 3.49. The van der Waals surface area contributed by atoms with Crippen molar-refractivity contribution < 1.29 is 14.7 Å². The number of anilines is 1. The van der Waals surface area contributed by atoms with Crippen LogP contribution in [0.4, 0.5) is 5.69 Å². The fraction of sp³-hybridized carbons (Fsp3) is 0.200. The normalized spacial score (nSPS) is 9.88. The van der Waals surface area contributed by atoms with E-state index in [0.29, 0.717) is 5.69 Å². The Hall–Kier alpha value is -1.59. The van der Waals surface area contributed by atoms with Crippen LogP contribution in [0.25, 0.3) is 0 Å². The minimum Gasteiger partial charge on any atom is -0.478 e. The van der Waals surface area contributed by atoms with Gasteiger partial charge in [-0.2, -0.15) is 0 Å². The molecule has 0 aliphatic carbocycles. The maximum Gasteiger partial charge on any atom is 0.337 e. The second kappa shape index (κ2) is 5.48. The molecule has 0 saturated carbocycles. The molecule has 0 aliphatic heterocycles. The number of hydrogen-bond donors (Lipinski definition) is 3. The SMILES string of the molecule is NCCC(=O)Nc1ccc(C(=O)O)c(Cl)c1. The first kappa shape index (κ1) is 12.5. The number of aromatic carboxylic acids is 1. The Balaban J connectivity index is 2.81. The molecule has 0 unspecified atom stereocenters. The van der Waals surface area contributed by atoms with Crippen LogP contribution in [0.15, 0.2) is 18.2 Å². The first-order valence-corrected chi connectivity index (χ1v) is 4.95. The van der Waals surface area contributed by atoms with Crippen LogP contribution in [-0.2, 0) is 4.79 Å². The summed E-state index contributed by atoms with van der Waals surface area (Å²) < 4.78 is 0. The van der Waals surface area contributed by atoms with E-state index in [1.165, 1.54) is 18.2 Å². The molecule has 6 heteroatoms. The van der Waals surface area contributed by atoms with E-state index in [0.717, 1.165) is 0 Å². The molecule has 0 spiro atoms.